The second-order valence-electron chi connectivity index (χ2n) is 6.44. The molecule has 0 radical (unpaired) electrons. The quantitative estimate of drug-likeness (QED) is 0.610. The smallest absolute Gasteiger partial charge is 0.276 e. The van der Waals surface area contributed by atoms with Crippen LogP contribution in [0.4, 0.5) is 0 Å². The van der Waals surface area contributed by atoms with Gasteiger partial charge in [-0.2, -0.15) is 0 Å². The Bertz CT molecular complexity index is 856. The molecule has 1 N–H and O–H groups in total. The summed E-state index contributed by atoms with van der Waals surface area (Å²) in [7, 11) is 0. The zero-order valence-corrected chi connectivity index (χ0v) is 15.5. The Morgan fingerprint density at radius 3 is 2.89 bits per heavy atom. The normalized spacial score (nSPS) is 21.1. The highest BCUT2D eigenvalue weighted by atomic mass is 32.1. The second kappa shape index (κ2) is 7.94. The summed E-state index contributed by atoms with van der Waals surface area (Å²) in [5.41, 5.74) is 0.405. The maximum Gasteiger partial charge on any atom is 0.276 e. The zero-order valence-electron chi connectivity index (χ0n) is 14.7. The minimum absolute atomic E-state index is 0.0541. The van der Waals surface area contributed by atoms with E-state index in [0.717, 1.165) is 25.2 Å². The lowest BCUT2D eigenvalue weighted by Gasteiger charge is -2.18. The van der Waals surface area contributed by atoms with Gasteiger partial charge in [-0.05, 0) is 49.3 Å². The third-order valence-electron chi connectivity index (χ3n) is 4.47. The number of carbonyl (C=O) groups is 1. The Morgan fingerprint density at radius 1 is 1.26 bits per heavy atom. The standard InChI is InChI=1S/C20H20N2O4S/c23-19-18(21-20(27)22(19)12-16-7-4-10-24-16)11-15-8-9-17(26-15)13-25-14-5-2-1-3-6-14/h1-3,5-6,8-9,11,16H,4,7,10,12-13H2,(H,21,27)/b18-11+/t16-/m1/s1. The molecule has 3 heterocycles. The minimum atomic E-state index is -0.158. The summed E-state index contributed by atoms with van der Waals surface area (Å²) in [5.74, 6) is 1.86. The molecule has 4 rings (SSSR count). The number of hydrogen-bond acceptors (Lipinski definition) is 5. The van der Waals surface area contributed by atoms with Crippen molar-refractivity contribution in [2.75, 3.05) is 13.2 Å². The molecule has 0 spiro atoms. The molecule has 1 amide bonds. The molecule has 1 aromatic heterocycles. The number of nitrogens with zero attached hydrogens (tertiary/aromatic N) is 1. The Kier molecular flexibility index (Phi) is 5.22. The first-order chi connectivity index (χ1) is 13.2. The van der Waals surface area contributed by atoms with Crippen LogP contribution in [0.5, 0.6) is 5.75 Å². The Labute approximate surface area is 162 Å². The summed E-state index contributed by atoms with van der Waals surface area (Å²) in [4.78, 5) is 14.2. The predicted octanol–water partition coefficient (Wildman–Crippen LogP) is 3.10. The molecule has 27 heavy (non-hydrogen) atoms. The van der Waals surface area contributed by atoms with Gasteiger partial charge in [0.2, 0.25) is 0 Å². The van der Waals surface area contributed by atoms with Crippen molar-refractivity contribution >= 4 is 29.3 Å². The van der Waals surface area contributed by atoms with Gasteiger partial charge < -0.3 is 19.2 Å². The van der Waals surface area contributed by atoms with Gasteiger partial charge in [0.25, 0.3) is 5.91 Å². The summed E-state index contributed by atoms with van der Waals surface area (Å²) in [6, 6.07) is 13.2. The van der Waals surface area contributed by atoms with E-state index in [1.54, 1.807) is 17.0 Å². The fourth-order valence-corrected chi connectivity index (χ4v) is 3.36. The van der Waals surface area contributed by atoms with Gasteiger partial charge in [-0.15, -0.1) is 0 Å². The fraction of sp³-hybridized carbons (Fsp3) is 0.300. The van der Waals surface area contributed by atoms with Gasteiger partial charge in [0, 0.05) is 12.7 Å². The molecule has 1 aromatic carbocycles. The molecule has 140 valence electrons. The highest BCUT2D eigenvalue weighted by Crippen LogP contribution is 2.20. The van der Waals surface area contributed by atoms with Gasteiger partial charge in [0.05, 0.1) is 12.6 Å². The van der Waals surface area contributed by atoms with Crippen LogP contribution >= 0.6 is 12.2 Å². The SMILES string of the molecule is O=C1/C(=C\c2ccc(COc3ccccc3)o2)NC(=S)N1C[C@H]1CCCO1. The van der Waals surface area contributed by atoms with Crippen molar-refractivity contribution in [3.63, 3.8) is 0 Å². The maximum atomic E-state index is 12.6. The van der Waals surface area contributed by atoms with Crippen LogP contribution in [0.15, 0.2) is 52.6 Å². The van der Waals surface area contributed by atoms with Crippen molar-refractivity contribution in [3.8, 4) is 5.75 Å². The first-order valence-electron chi connectivity index (χ1n) is 8.92. The van der Waals surface area contributed by atoms with Crippen molar-refractivity contribution in [2.45, 2.75) is 25.6 Å². The largest absolute Gasteiger partial charge is 0.486 e. The highest BCUT2D eigenvalue weighted by Gasteiger charge is 2.33. The van der Waals surface area contributed by atoms with Crippen LogP contribution in [-0.2, 0) is 16.1 Å². The number of para-hydroxylation sites is 1. The summed E-state index contributed by atoms with van der Waals surface area (Å²) in [6.07, 6.45) is 3.69. The molecule has 0 saturated carbocycles. The highest BCUT2D eigenvalue weighted by molar-refractivity contribution is 7.80. The topological polar surface area (TPSA) is 63.9 Å². The van der Waals surface area contributed by atoms with E-state index in [9.17, 15) is 4.79 Å². The van der Waals surface area contributed by atoms with Crippen LogP contribution in [0.1, 0.15) is 24.4 Å². The zero-order chi connectivity index (χ0) is 18.6. The number of amides is 1. The van der Waals surface area contributed by atoms with Crippen LogP contribution in [-0.4, -0.2) is 35.2 Å². The van der Waals surface area contributed by atoms with Crippen molar-refractivity contribution < 1.29 is 18.7 Å². The molecule has 2 aliphatic heterocycles. The Hall–Kier alpha value is -2.64. The van der Waals surface area contributed by atoms with Crippen LogP contribution < -0.4 is 10.1 Å². The summed E-state index contributed by atoms with van der Waals surface area (Å²) in [5, 5.41) is 3.37. The van der Waals surface area contributed by atoms with Gasteiger partial charge in [0.1, 0.15) is 29.6 Å². The van der Waals surface area contributed by atoms with Gasteiger partial charge in [-0.3, -0.25) is 9.69 Å². The number of hydrogen-bond donors (Lipinski definition) is 1. The second-order valence-corrected chi connectivity index (χ2v) is 6.83. The van der Waals surface area contributed by atoms with E-state index in [1.807, 2.05) is 36.4 Å². The third kappa shape index (κ3) is 4.20. The monoisotopic (exact) mass is 384 g/mol. The molecular weight excluding hydrogens is 364 g/mol. The van der Waals surface area contributed by atoms with Crippen LogP contribution in [0, 0.1) is 0 Å². The molecule has 2 aromatic rings. The van der Waals surface area contributed by atoms with Crippen molar-refractivity contribution in [1.29, 1.82) is 0 Å². The summed E-state index contributed by atoms with van der Waals surface area (Å²) < 4.78 is 17.0. The molecule has 1 atom stereocenters. The molecule has 7 heteroatoms. The molecule has 2 aliphatic rings. The van der Waals surface area contributed by atoms with Crippen LogP contribution in [0.25, 0.3) is 6.08 Å². The Balaban J connectivity index is 1.39. The number of benzene rings is 1. The summed E-state index contributed by atoms with van der Waals surface area (Å²) in [6.45, 7) is 1.55. The number of rotatable bonds is 6. The van der Waals surface area contributed by atoms with Gasteiger partial charge >= 0.3 is 0 Å². The van der Waals surface area contributed by atoms with E-state index in [-0.39, 0.29) is 12.0 Å². The number of carbonyl (C=O) groups excluding carboxylic acids is 1. The van der Waals surface area contributed by atoms with E-state index >= 15 is 0 Å². The molecule has 2 fully saturated rings. The summed E-state index contributed by atoms with van der Waals surface area (Å²) >= 11 is 5.29. The molecule has 0 unspecified atom stereocenters. The lowest BCUT2D eigenvalue weighted by Crippen LogP contribution is -2.37. The Morgan fingerprint density at radius 2 is 2.11 bits per heavy atom. The molecule has 0 bridgehead atoms. The van der Waals surface area contributed by atoms with E-state index in [4.69, 9.17) is 26.1 Å². The average Bonchev–Trinajstić information content (AvgIpc) is 3.40. The lowest BCUT2D eigenvalue weighted by molar-refractivity contribution is -0.123. The van der Waals surface area contributed by atoms with Gasteiger partial charge in [-0.25, -0.2) is 0 Å². The number of ether oxygens (including phenoxy) is 2. The number of furan rings is 1. The number of nitrogens with one attached hydrogen (secondary N) is 1. The minimum Gasteiger partial charge on any atom is -0.486 e. The first kappa shape index (κ1) is 17.8. The molecular formula is C20H20N2O4S. The fourth-order valence-electron chi connectivity index (χ4n) is 3.09. The van der Waals surface area contributed by atoms with E-state index in [2.05, 4.69) is 5.32 Å². The van der Waals surface area contributed by atoms with Crippen LogP contribution in [0.3, 0.4) is 0 Å². The first-order valence-corrected chi connectivity index (χ1v) is 9.32. The maximum absolute atomic E-state index is 12.6. The van der Waals surface area contributed by atoms with Gasteiger partial charge in [0.15, 0.2) is 5.11 Å². The van der Waals surface area contributed by atoms with Crippen molar-refractivity contribution in [1.82, 2.24) is 10.2 Å². The number of thiocarbonyl (C=S) groups is 1. The van der Waals surface area contributed by atoms with E-state index in [0.29, 0.717) is 35.5 Å². The molecule has 0 aliphatic carbocycles. The third-order valence-corrected chi connectivity index (χ3v) is 4.79. The van der Waals surface area contributed by atoms with Crippen molar-refractivity contribution in [3.05, 3.63) is 59.7 Å². The van der Waals surface area contributed by atoms with E-state index in [1.165, 1.54) is 0 Å². The lowest BCUT2D eigenvalue weighted by atomic mass is 10.2. The van der Waals surface area contributed by atoms with E-state index < -0.39 is 0 Å². The molecule has 2 saturated heterocycles. The average molecular weight is 384 g/mol. The predicted molar refractivity (Wildman–Crippen MR) is 104 cm³/mol. The van der Waals surface area contributed by atoms with Crippen molar-refractivity contribution in [2.24, 2.45) is 0 Å². The molecule has 6 nitrogen and oxygen atoms in total. The van der Waals surface area contributed by atoms with Gasteiger partial charge in [-0.1, -0.05) is 18.2 Å². The van der Waals surface area contributed by atoms with Crippen LogP contribution in [0.2, 0.25) is 0 Å².